The molecule has 254 valence electrons. The number of anilines is 1. The third-order valence-corrected chi connectivity index (χ3v) is 14.5. The van der Waals surface area contributed by atoms with Gasteiger partial charge in [-0.15, -0.1) is 0 Å². The largest absolute Gasteiger partial charge is 0.362 e. The van der Waals surface area contributed by atoms with Crippen LogP contribution in [0.15, 0.2) is 150 Å². The molecule has 0 spiro atoms. The average molecular weight is 657 g/mol. The fourth-order valence-corrected chi connectivity index (χ4v) is 12.2. The molecule has 1 aliphatic heterocycles. The molecule has 0 bridgehead atoms. The molecule has 0 amide bonds. The molecule has 0 radical (unpaired) electrons. The first-order valence-electron chi connectivity index (χ1n) is 19.6. The van der Waals surface area contributed by atoms with Crippen LogP contribution in [0.4, 0.5) is 5.69 Å². The van der Waals surface area contributed by atoms with Crippen molar-refractivity contribution in [3.05, 3.63) is 161 Å². The zero-order valence-corrected chi connectivity index (χ0v) is 30.3. The van der Waals surface area contributed by atoms with Gasteiger partial charge in [0.1, 0.15) is 0 Å². The molecule has 7 unspecified atom stereocenters. The summed E-state index contributed by atoms with van der Waals surface area (Å²) in [5.41, 5.74) is 12.8. The summed E-state index contributed by atoms with van der Waals surface area (Å²) in [5.74, 6) is 2.90. The van der Waals surface area contributed by atoms with Gasteiger partial charge < -0.3 is 9.80 Å². The van der Waals surface area contributed by atoms with E-state index in [1.165, 1.54) is 36.2 Å². The Morgan fingerprint density at radius 2 is 1.56 bits per heavy atom. The molecule has 0 saturated heterocycles. The summed E-state index contributed by atoms with van der Waals surface area (Å²) < 4.78 is 0. The third-order valence-electron chi connectivity index (χ3n) is 14.5. The van der Waals surface area contributed by atoms with Crippen LogP contribution in [-0.2, 0) is 5.41 Å². The number of hydrogen-bond acceptors (Lipinski definition) is 2. The highest BCUT2D eigenvalue weighted by Crippen LogP contribution is 2.60. The summed E-state index contributed by atoms with van der Waals surface area (Å²) in [7, 11) is 0. The maximum Gasteiger partial charge on any atom is 0.0623 e. The Hall–Kier alpha value is -4.04. The van der Waals surface area contributed by atoms with E-state index in [0.717, 1.165) is 19.3 Å². The molecule has 0 aromatic heterocycles. The molecule has 10 rings (SSSR count). The van der Waals surface area contributed by atoms with E-state index in [9.17, 15) is 0 Å². The van der Waals surface area contributed by atoms with E-state index in [1.807, 2.05) is 0 Å². The van der Waals surface area contributed by atoms with Crippen molar-refractivity contribution < 1.29 is 0 Å². The quantitative estimate of drug-likeness (QED) is 0.302. The highest BCUT2D eigenvalue weighted by atomic mass is 15.2. The number of allylic oxidation sites excluding steroid dienone is 11. The summed E-state index contributed by atoms with van der Waals surface area (Å²) in [5, 5.41) is 0. The predicted octanol–water partition coefficient (Wildman–Crippen LogP) is 11.1. The van der Waals surface area contributed by atoms with Crippen molar-refractivity contribution >= 4 is 5.69 Å². The van der Waals surface area contributed by atoms with Crippen LogP contribution < -0.4 is 4.90 Å². The van der Waals surface area contributed by atoms with Gasteiger partial charge in [-0.05, 0) is 96.6 Å². The summed E-state index contributed by atoms with van der Waals surface area (Å²) >= 11 is 0. The minimum atomic E-state index is 0.0563. The van der Waals surface area contributed by atoms with Gasteiger partial charge in [0.2, 0.25) is 0 Å². The van der Waals surface area contributed by atoms with Gasteiger partial charge in [-0.25, -0.2) is 0 Å². The highest BCUT2D eigenvalue weighted by Gasteiger charge is 2.52. The molecule has 2 nitrogen and oxygen atoms in total. The van der Waals surface area contributed by atoms with Crippen LogP contribution in [0.1, 0.15) is 83.3 Å². The van der Waals surface area contributed by atoms with Crippen LogP contribution >= 0.6 is 0 Å². The van der Waals surface area contributed by atoms with E-state index in [0.29, 0.717) is 47.7 Å². The number of rotatable bonds is 4. The van der Waals surface area contributed by atoms with Gasteiger partial charge >= 0.3 is 0 Å². The maximum absolute atomic E-state index is 2.97. The molecule has 2 heteroatoms. The van der Waals surface area contributed by atoms with Gasteiger partial charge in [0.25, 0.3) is 0 Å². The van der Waals surface area contributed by atoms with Gasteiger partial charge in [-0.2, -0.15) is 0 Å². The Morgan fingerprint density at radius 3 is 2.44 bits per heavy atom. The fourth-order valence-electron chi connectivity index (χ4n) is 12.2. The Kier molecular flexibility index (Phi) is 6.91. The van der Waals surface area contributed by atoms with Crippen molar-refractivity contribution in [2.45, 2.75) is 95.7 Å². The van der Waals surface area contributed by atoms with Gasteiger partial charge in [0.05, 0.1) is 6.04 Å². The van der Waals surface area contributed by atoms with Crippen LogP contribution in [0.3, 0.4) is 0 Å². The SMILES string of the molecule is CC1(C)C2=CC(N(C3C=C4C(CC3)C3C=CC=CC3C4(C)C)[C@@H]3CCC4=C(C3)C3C=CC=CC3N4c3ccccc3)=CCC2c2ccccc21. The molecule has 50 heavy (non-hydrogen) atoms. The molecule has 8 aliphatic rings. The lowest BCUT2D eigenvalue weighted by Crippen LogP contribution is -2.45. The lowest BCUT2D eigenvalue weighted by molar-refractivity contribution is 0.175. The Morgan fingerprint density at radius 1 is 0.780 bits per heavy atom. The Bertz CT molecular complexity index is 1970. The van der Waals surface area contributed by atoms with Crippen molar-refractivity contribution in [3.8, 4) is 0 Å². The summed E-state index contributed by atoms with van der Waals surface area (Å²) in [4.78, 5) is 5.66. The molecule has 2 aromatic carbocycles. The summed E-state index contributed by atoms with van der Waals surface area (Å²) in [6.07, 6.45) is 34.4. The van der Waals surface area contributed by atoms with Crippen molar-refractivity contribution in [3.63, 3.8) is 0 Å². The van der Waals surface area contributed by atoms with E-state index >= 15 is 0 Å². The Labute approximate surface area is 300 Å². The minimum absolute atomic E-state index is 0.0563. The van der Waals surface area contributed by atoms with E-state index in [4.69, 9.17) is 0 Å². The molecule has 8 atom stereocenters. The van der Waals surface area contributed by atoms with Gasteiger partial charge in [0, 0.05) is 46.4 Å². The van der Waals surface area contributed by atoms with Crippen molar-refractivity contribution in [1.29, 1.82) is 0 Å². The number of hydrogen-bond donors (Lipinski definition) is 0. The van der Waals surface area contributed by atoms with Gasteiger partial charge in [0.15, 0.2) is 0 Å². The normalized spacial score (nSPS) is 35.0. The second-order valence-corrected chi connectivity index (χ2v) is 17.5. The van der Waals surface area contributed by atoms with E-state index in [1.54, 1.807) is 28.0 Å². The minimum Gasteiger partial charge on any atom is -0.362 e. The van der Waals surface area contributed by atoms with Crippen LogP contribution in [0.2, 0.25) is 0 Å². The summed E-state index contributed by atoms with van der Waals surface area (Å²) in [6, 6.07) is 21.7. The number of nitrogens with zero attached hydrogens (tertiary/aromatic N) is 2. The van der Waals surface area contributed by atoms with Crippen LogP contribution in [0, 0.1) is 29.1 Å². The summed E-state index contributed by atoms with van der Waals surface area (Å²) in [6.45, 7) is 10.0. The standard InChI is InChI=1S/C48H52N2/c1-47(2)41-19-11-8-16-35(41)37-25-22-33(29-43(37)47)49(34-23-26-38-36-17-9-12-20-42(36)48(3,4)44(38)30-34)32-24-27-46-40(28-32)39-18-10-13-21-45(39)50(46)31-14-6-5-7-15-31/h5-22,29-30,32,34,36-39,42,45H,23-28H2,1-4H3/t32-,34?,36?,37?,38?,39?,42?,45?/m1/s1. The zero-order valence-electron chi connectivity index (χ0n) is 30.3. The Balaban J connectivity index is 1.06. The van der Waals surface area contributed by atoms with Crippen LogP contribution in [0.25, 0.3) is 0 Å². The molecule has 1 fully saturated rings. The first-order chi connectivity index (χ1) is 24.3. The molecule has 1 heterocycles. The smallest absolute Gasteiger partial charge is 0.0623 e. The lowest BCUT2D eigenvalue weighted by atomic mass is 9.74. The van der Waals surface area contributed by atoms with Crippen LogP contribution in [-0.4, -0.2) is 23.0 Å². The van der Waals surface area contributed by atoms with Crippen LogP contribution in [0.5, 0.6) is 0 Å². The van der Waals surface area contributed by atoms with Gasteiger partial charge in [-0.3, -0.25) is 0 Å². The zero-order chi connectivity index (χ0) is 33.8. The van der Waals surface area contributed by atoms with E-state index in [2.05, 4.69) is 159 Å². The topological polar surface area (TPSA) is 6.48 Å². The number of benzene rings is 2. The van der Waals surface area contributed by atoms with E-state index in [-0.39, 0.29) is 10.8 Å². The van der Waals surface area contributed by atoms with Crippen molar-refractivity contribution in [1.82, 2.24) is 4.90 Å². The second kappa shape index (κ2) is 11.2. The lowest BCUT2D eigenvalue weighted by Gasteiger charge is -2.46. The number of fused-ring (bicyclic) bond motifs is 8. The molecular weight excluding hydrogens is 605 g/mol. The van der Waals surface area contributed by atoms with Crippen molar-refractivity contribution in [2.75, 3.05) is 4.90 Å². The monoisotopic (exact) mass is 656 g/mol. The molecular formula is C48H52N2. The third kappa shape index (κ3) is 4.39. The molecule has 2 aromatic rings. The maximum atomic E-state index is 2.97. The predicted molar refractivity (Wildman–Crippen MR) is 208 cm³/mol. The molecule has 1 saturated carbocycles. The molecule has 0 N–H and O–H groups in total. The van der Waals surface area contributed by atoms with Gasteiger partial charge in [-0.1, -0.05) is 142 Å². The first-order valence-corrected chi connectivity index (χ1v) is 19.6. The average Bonchev–Trinajstić information content (AvgIpc) is 3.69. The van der Waals surface area contributed by atoms with E-state index < -0.39 is 0 Å². The fraction of sp³-hybridized carbons (Fsp3) is 0.417. The molecule has 7 aliphatic carbocycles. The number of para-hydroxylation sites is 1. The van der Waals surface area contributed by atoms with Crippen molar-refractivity contribution in [2.24, 2.45) is 29.1 Å². The second-order valence-electron chi connectivity index (χ2n) is 17.5. The highest BCUT2D eigenvalue weighted by molar-refractivity contribution is 5.62. The first kappa shape index (κ1) is 30.8.